The standard InChI is InChI=1S/C30H25NO5/c1-34-25-17-19-29(35-2)27(21-25)28(32)18-16-22-10-9-15-26(20-22)36-30(33)31(23-11-5-3-6-12-23)24-13-7-4-8-14-24/h3-21H,1-2H3/b18-16+. The predicted octanol–water partition coefficient (Wildman–Crippen LogP) is 6.94. The van der Waals surface area contributed by atoms with Crippen LogP contribution in [0.3, 0.4) is 0 Å². The van der Waals surface area contributed by atoms with E-state index < -0.39 is 6.09 Å². The number of carbonyl (C=O) groups is 2. The van der Waals surface area contributed by atoms with E-state index in [1.165, 1.54) is 25.2 Å². The van der Waals surface area contributed by atoms with Crippen LogP contribution >= 0.6 is 0 Å². The molecular formula is C30H25NO5. The number of anilines is 2. The van der Waals surface area contributed by atoms with Crippen LogP contribution in [0.1, 0.15) is 15.9 Å². The summed E-state index contributed by atoms with van der Waals surface area (Å²) in [5.74, 6) is 1.12. The van der Waals surface area contributed by atoms with Crippen molar-refractivity contribution < 1.29 is 23.8 Å². The third kappa shape index (κ3) is 5.80. The van der Waals surface area contributed by atoms with Crippen LogP contribution < -0.4 is 19.1 Å². The number of rotatable bonds is 8. The van der Waals surface area contributed by atoms with Crippen molar-refractivity contribution in [3.63, 3.8) is 0 Å². The molecule has 0 aliphatic rings. The van der Waals surface area contributed by atoms with E-state index in [4.69, 9.17) is 14.2 Å². The van der Waals surface area contributed by atoms with Gasteiger partial charge in [0.25, 0.3) is 0 Å². The zero-order valence-corrected chi connectivity index (χ0v) is 20.0. The lowest BCUT2D eigenvalue weighted by Crippen LogP contribution is -2.29. The van der Waals surface area contributed by atoms with E-state index in [0.717, 1.165) is 0 Å². The number of methoxy groups -OCH3 is 2. The van der Waals surface area contributed by atoms with Crippen molar-refractivity contribution in [2.24, 2.45) is 0 Å². The van der Waals surface area contributed by atoms with Crippen molar-refractivity contribution in [3.05, 3.63) is 120 Å². The Morgan fingerprint density at radius 1 is 0.694 bits per heavy atom. The highest BCUT2D eigenvalue weighted by molar-refractivity contribution is 6.09. The second-order valence-corrected chi connectivity index (χ2v) is 7.71. The maximum Gasteiger partial charge on any atom is 0.424 e. The first kappa shape index (κ1) is 24.3. The van der Waals surface area contributed by atoms with E-state index in [1.54, 1.807) is 42.5 Å². The van der Waals surface area contributed by atoms with E-state index in [9.17, 15) is 9.59 Å². The van der Waals surface area contributed by atoms with E-state index in [0.29, 0.717) is 39.8 Å². The van der Waals surface area contributed by atoms with Crippen LogP contribution in [0.2, 0.25) is 0 Å². The van der Waals surface area contributed by atoms with Crippen LogP contribution in [0.4, 0.5) is 16.2 Å². The van der Waals surface area contributed by atoms with Gasteiger partial charge in [-0.15, -0.1) is 0 Å². The Morgan fingerprint density at radius 3 is 1.97 bits per heavy atom. The molecule has 0 aromatic heterocycles. The molecule has 0 fully saturated rings. The van der Waals surface area contributed by atoms with Gasteiger partial charge in [-0.25, -0.2) is 9.69 Å². The van der Waals surface area contributed by atoms with E-state index in [2.05, 4.69) is 0 Å². The van der Waals surface area contributed by atoms with Crippen molar-refractivity contribution in [2.75, 3.05) is 19.1 Å². The fourth-order valence-electron chi connectivity index (χ4n) is 3.61. The number of hydrogen-bond donors (Lipinski definition) is 0. The molecular weight excluding hydrogens is 454 g/mol. The number of amides is 1. The smallest absolute Gasteiger partial charge is 0.424 e. The van der Waals surface area contributed by atoms with E-state index in [-0.39, 0.29) is 5.78 Å². The molecule has 0 bridgehead atoms. The number of ketones is 1. The fourth-order valence-corrected chi connectivity index (χ4v) is 3.61. The summed E-state index contributed by atoms with van der Waals surface area (Å²) < 4.78 is 16.2. The third-order valence-corrected chi connectivity index (χ3v) is 5.37. The molecule has 0 heterocycles. The quantitative estimate of drug-likeness (QED) is 0.202. The summed E-state index contributed by atoms with van der Waals surface area (Å²) in [5.41, 5.74) is 2.45. The Balaban J connectivity index is 1.54. The molecule has 0 unspecified atom stereocenters. The molecule has 0 aliphatic carbocycles. The predicted molar refractivity (Wildman–Crippen MR) is 140 cm³/mol. The summed E-state index contributed by atoms with van der Waals surface area (Å²) in [4.78, 5) is 27.5. The minimum atomic E-state index is -0.550. The van der Waals surface area contributed by atoms with E-state index >= 15 is 0 Å². The zero-order valence-electron chi connectivity index (χ0n) is 20.0. The summed E-state index contributed by atoms with van der Waals surface area (Å²) in [5, 5.41) is 0. The number of benzene rings is 4. The first-order chi connectivity index (χ1) is 17.6. The molecule has 4 rings (SSSR count). The van der Waals surface area contributed by atoms with Gasteiger partial charge in [0, 0.05) is 0 Å². The molecule has 180 valence electrons. The number of nitrogens with zero attached hydrogens (tertiary/aromatic N) is 1. The summed E-state index contributed by atoms with van der Waals surface area (Å²) in [7, 11) is 3.05. The van der Waals surface area contributed by atoms with Gasteiger partial charge in [-0.3, -0.25) is 4.79 Å². The number of ether oxygens (including phenoxy) is 3. The van der Waals surface area contributed by atoms with Crippen LogP contribution in [0.15, 0.2) is 109 Å². The van der Waals surface area contributed by atoms with Gasteiger partial charge in [-0.05, 0) is 66.2 Å². The lowest BCUT2D eigenvalue weighted by molar-refractivity contribution is 0.104. The molecule has 0 saturated heterocycles. The van der Waals surface area contributed by atoms with Crippen LogP contribution in [-0.4, -0.2) is 26.1 Å². The molecule has 6 nitrogen and oxygen atoms in total. The third-order valence-electron chi connectivity index (χ3n) is 5.37. The second kappa shape index (κ2) is 11.5. The monoisotopic (exact) mass is 479 g/mol. The van der Waals surface area contributed by atoms with Crippen LogP contribution in [0.25, 0.3) is 6.08 Å². The van der Waals surface area contributed by atoms with Crippen LogP contribution in [0.5, 0.6) is 17.2 Å². The summed E-state index contributed by atoms with van der Waals surface area (Å²) >= 11 is 0. The van der Waals surface area contributed by atoms with Gasteiger partial charge in [0.2, 0.25) is 0 Å². The lowest BCUT2D eigenvalue weighted by Gasteiger charge is -2.22. The van der Waals surface area contributed by atoms with Gasteiger partial charge in [0.15, 0.2) is 5.78 Å². The minimum Gasteiger partial charge on any atom is -0.497 e. The molecule has 6 heteroatoms. The van der Waals surface area contributed by atoms with Gasteiger partial charge in [0.05, 0.1) is 31.2 Å². The topological polar surface area (TPSA) is 65.1 Å². The SMILES string of the molecule is COc1ccc(OC)c(C(=O)/C=C/c2cccc(OC(=O)N(c3ccccc3)c3ccccc3)c2)c1. The molecule has 4 aromatic rings. The summed E-state index contributed by atoms with van der Waals surface area (Å²) in [6.07, 6.45) is 2.55. The van der Waals surface area contributed by atoms with Crippen molar-refractivity contribution >= 4 is 29.3 Å². The maximum atomic E-state index is 13.2. The zero-order chi connectivity index (χ0) is 25.3. The Kier molecular flexibility index (Phi) is 7.78. The normalized spacial score (nSPS) is 10.6. The van der Waals surface area contributed by atoms with Gasteiger partial charge < -0.3 is 14.2 Å². The summed E-state index contributed by atoms with van der Waals surface area (Å²) in [6, 6.07) is 30.6. The number of allylic oxidation sites excluding steroid dienone is 1. The summed E-state index contributed by atoms with van der Waals surface area (Å²) in [6.45, 7) is 0. The van der Waals surface area contributed by atoms with Gasteiger partial charge >= 0.3 is 6.09 Å². The van der Waals surface area contributed by atoms with Crippen LogP contribution in [0, 0.1) is 0 Å². The van der Waals surface area contributed by atoms with Crippen molar-refractivity contribution in [3.8, 4) is 17.2 Å². The van der Waals surface area contributed by atoms with Gasteiger partial charge in [-0.2, -0.15) is 0 Å². The Hall–Kier alpha value is -4.84. The number of para-hydroxylation sites is 2. The van der Waals surface area contributed by atoms with E-state index in [1.807, 2.05) is 66.7 Å². The molecule has 0 aliphatic heterocycles. The average Bonchev–Trinajstić information content (AvgIpc) is 2.93. The molecule has 0 atom stereocenters. The lowest BCUT2D eigenvalue weighted by atomic mass is 10.1. The Morgan fingerprint density at radius 2 is 1.36 bits per heavy atom. The van der Waals surface area contributed by atoms with Gasteiger partial charge in [0.1, 0.15) is 17.2 Å². The molecule has 36 heavy (non-hydrogen) atoms. The Bertz CT molecular complexity index is 1330. The molecule has 0 N–H and O–H groups in total. The fraction of sp³-hybridized carbons (Fsp3) is 0.0667. The Labute approximate surface area is 210 Å². The van der Waals surface area contributed by atoms with Gasteiger partial charge in [-0.1, -0.05) is 54.6 Å². The number of hydrogen-bond acceptors (Lipinski definition) is 5. The minimum absolute atomic E-state index is 0.243. The highest BCUT2D eigenvalue weighted by Crippen LogP contribution is 2.28. The molecule has 0 radical (unpaired) electrons. The molecule has 4 aromatic carbocycles. The van der Waals surface area contributed by atoms with Crippen molar-refractivity contribution in [1.29, 1.82) is 0 Å². The first-order valence-corrected chi connectivity index (χ1v) is 11.3. The molecule has 1 amide bonds. The average molecular weight is 480 g/mol. The number of carbonyl (C=O) groups excluding carboxylic acids is 2. The maximum absolute atomic E-state index is 13.2. The highest BCUT2D eigenvalue weighted by atomic mass is 16.6. The van der Waals surface area contributed by atoms with Crippen molar-refractivity contribution in [1.82, 2.24) is 0 Å². The highest BCUT2D eigenvalue weighted by Gasteiger charge is 2.20. The first-order valence-electron chi connectivity index (χ1n) is 11.3. The second-order valence-electron chi connectivity index (χ2n) is 7.71. The largest absolute Gasteiger partial charge is 0.497 e. The molecule has 0 spiro atoms. The van der Waals surface area contributed by atoms with Crippen LogP contribution in [-0.2, 0) is 0 Å². The van der Waals surface area contributed by atoms with Crippen molar-refractivity contribution in [2.45, 2.75) is 0 Å². The molecule has 0 saturated carbocycles.